The number of hydrogen-bond donors (Lipinski definition) is 1. The SMILES string of the molecule is CCNCc1cnc(N(C)C2CC2)cn1. The summed E-state index contributed by atoms with van der Waals surface area (Å²) in [5.74, 6) is 0.984. The Morgan fingerprint density at radius 1 is 1.40 bits per heavy atom. The van der Waals surface area contributed by atoms with Gasteiger partial charge >= 0.3 is 0 Å². The quantitative estimate of drug-likeness (QED) is 0.785. The van der Waals surface area contributed by atoms with Gasteiger partial charge in [-0.2, -0.15) is 0 Å². The molecule has 0 aliphatic heterocycles. The third-order valence-electron chi connectivity index (χ3n) is 2.70. The summed E-state index contributed by atoms with van der Waals surface area (Å²) in [4.78, 5) is 11.0. The standard InChI is InChI=1S/C11H18N4/c1-3-12-6-9-7-14-11(8-13-9)15(2)10-4-5-10/h7-8,10,12H,3-6H2,1-2H3. The molecule has 4 heteroatoms. The number of aromatic nitrogens is 2. The van der Waals surface area contributed by atoms with Crippen LogP contribution in [0.5, 0.6) is 0 Å². The van der Waals surface area contributed by atoms with E-state index in [9.17, 15) is 0 Å². The van der Waals surface area contributed by atoms with Crippen LogP contribution < -0.4 is 10.2 Å². The van der Waals surface area contributed by atoms with Crippen LogP contribution in [0.15, 0.2) is 12.4 Å². The Balaban J connectivity index is 1.96. The molecule has 82 valence electrons. The maximum Gasteiger partial charge on any atom is 0.147 e. The summed E-state index contributed by atoms with van der Waals surface area (Å²) in [6.07, 6.45) is 6.30. The Hall–Kier alpha value is -1.16. The predicted octanol–water partition coefficient (Wildman–Crippen LogP) is 1.18. The van der Waals surface area contributed by atoms with Crippen LogP contribution in [-0.4, -0.2) is 29.6 Å². The van der Waals surface area contributed by atoms with Crippen LogP contribution in [0.25, 0.3) is 0 Å². The molecule has 0 aromatic carbocycles. The number of nitrogens with one attached hydrogen (secondary N) is 1. The Morgan fingerprint density at radius 2 is 2.20 bits per heavy atom. The first-order chi connectivity index (χ1) is 7.31. The van der Waals surface area contributed by atoms with E-state index < -0.39 is 0 Å². The van der Waals surface area contributed by atoms with Crippen LogP contribution in [0.1, 0.15) is 25.5 Å². The molecular weight excluding hydrogens is 188 g/mol. The average molecular weight is 206 g/mol. The van der Waals surface area contributed by atoms with Crippen LogP contribution in [0.4, 0.5) is 5.82 Å². The highest BCUT2D eigenvalue weighted by Gasteiger charge is 2.27. The lowest BCUT2D eigenvalue weighted by molar-refractivity contribution is 0.706. The second kappa shape index (κ2) is 4.57. The van der Waals surface area contributed by atoms with E-state index in [0.717, 1.165) is 24.6 Å². The third-order valence-corrected chi connectivity index (χ3v) is 2.70. The van der Waals surface area contributed by atoms with Gasteiger partial charge in [0.05, 0.1) is 18.1 Å². The number of rotatable bonds is 5. The molecule has 1 aromatic heterocycles. The van der Waals surface area contributed by atoms with Gasteiger partial charge in [-0.05, 0) is 19.4 Å². The molecule has 0 amide bonds. The normalized spacial score (nSPS) is 15.3. The van der Waals surface area contributed by atoms with Gasteiger partial charge in [-0.25, -0.2) is 4.98 Å². The lowest BCUT2D eigenvalue weighted by Gasteiger charge is -2.16. The van der Waals surface area contributed by atoms with Crippen LogP contribution in [0.3, 0.4) is 0 Å². The van der Waals surface area contributed by atoms with E-state index in [1.165, 1.54) is 12.8 Å². The van der Waals surface area contributed by atoms with Gasteiger partial charge in [0.2, 0.25) is 0 Å². The highest BCUT2D eigenvalue weighted by molar-refractivity contribution is 5.37. The van der Waals surface area contributed by atoms with Crippen LogP contribution in [0, 0.1) is 0 Å². The fraction of sp³-hybridized carbons (Fsp3) is 0.636. The average Bonchev–Trinajstić information content (AvgIpc) is 3.10. The topological polar surface area (TPSA) is 41.1 Å². The molecule has 1 fully saturated rings. The van der Waals surface area contributed by atoms with E-state index in [1.54, 1.807) is 0 Å². The van der Waals surface area contributed by atoms with Crippen molar-refractivity contribution < 1.29 is 0 Å². The zero-order valence-electron chi connectivity index (χ0n) is 9.40. The van der Waals surface area contributed by atoms with Gasteiger partial charge in [0.25, 0.3) is 0 Å². The molecule has 1 aromatic rings. The second-order valence-corrected chi connectivity index (χ2v) is 3.99. The van der Waals surface area contributed by atoms with Gasteiger partial charge < -0.3 is 10.2 Å². The first kappa shape index (κ1) is 10.4. The maximum atomic E-state index is 4.42. The Labute approximate surface area is 90.7 Å². The molecular formula is C11H18N4. The van der Waals surface area contributed by atoms with Gasteiger partial charge in [-0.3, -0.25) is 4.98 Å². The van der Waals surface area contributed by atoms with Crippen LogP contribution >= 0.6 is 0 Å². The van der Waals surface area contributed by atoms with E-state index in [2.05, 4.69) is 34.2 Å². The molecule has 1 N–H and O–H groups in total. The Kier molecular flexibility index (Phi) is 3.16. The van der Waals surface area contributed by atoms with Crippen molar-refractivity contribution >= 4 is 5.82 Å². The zero-order chi connectivity index (χ0) is 10.7. The zero-order valence-corrected chi connectivity index (χ0v) is 9.40. The summed E-state index contributed by atoms with van der Waals surface area (Å²) < 4.78 is 0. The van der Waals surface area contributed by atoms with Crippen molar-refractivity contribution in [3.8, 4) is 0 Å². The van der Waals surface area contributed by atoms with Gasteiger partial charge in [0.1, 0.15) is 5.82 Å². The highest BCUT2D eigenvalue weighted by Crippen LogP contribution is 2.28. The smallest absolute Gasteiger partial charge is 0.147 e. The van der Waals surface area contributed by atoms with E-state index in [1.807, 2.05) is 12.4 Å². The lowest BCUT2D eigenvalue weighted by atomic mass is 10.4. The molecule has 0 atom stereocenters. The highest BCUT2D eigenvalue weighted by atomic mass is 15.2. The molecule has 0 radical (unpaired) electrons. The number of anilines is 1. The second-order valence-electron chi connectivity index (χ2n) is 3.99. The molecule has 0 bridgehead atoms. The fourth-order valence-electron chi connectivity index (χ4n) is 1.52. The lowest BCUT2D eigenvalue weighted by Crippen LogP contribution is -2.21. The van der Waals surface area contributed by atoms with Gasteiger partial charge in [-0.1, -0.05) is 6.92 Å². The molecule has 1 aliphatic carbocycles. The van der Waals surface area contributed by atoms with Crippen LogP contribution in [0.2, 0.25) is 0 Å². The first-order valence-corrected chi connectivity index (χ1v) is 5.55. The summed E-state index contributed by atoms with van der Waals surface area (Å²) in [7, 11) is 2.09. The first-order valence-electron chi connectivity index (χ1n) is 5.55. The van der Waals surface area contributed by atoms with Crippen molar-refractivity contribution in [1.82, 2.24) is 15.3 Å². The molecule has 1 aliphatic rings. The summed E-state index contributed by atoms with van der Waals surface area (Å²) in [6.45, 7) is 3.85. The Bertz CT molecular complexity index is 305. The summed E-state index contributed by atoms with van der Waals surface area (Å²) in [5, 5.41) is 3.23. The van der Waals surface area contributed by atoms with E-state index in [0.29, 0.717) is 6.04 Å². The molecule has 0 saturated heterocycles. The molecule has 1 heterocycles. The van der Waals surface area contributed by atoms with Crippen molar-refractivity contribution in [2.75, 3.05) is 18.5 Å². The minimum atomic E-state index is 0.693. The van der Waals surface area contributed by atoms with Crippen molar-refractivity contribution in [3.63, 3.8) is 0 Å². The Morgan fingerprint density at radius 3 is 2.73 bits per heavy atom. The largest absolute Gasteiger partial charge is 0.355 e. The summed E-state index contributed by atoms with van der Waals surface area (Å²) in [5.41, 5.74) is 1.00. The van der Waals surface area contributed by atoms with Gasteiger partial charge in [0, 0.05) is 19.6 Å². The monoisotopic (exact) mass is 206 g/mol. The summed E-state index contributed by atoms with van der Waals surface area (Å²) in [6, 6.07) is 0.693. The molecule has 15 heavy (non-hydrogen) atoms. The van der Waals surface area contributed by atoms with Crippen molar-refractivity contribution in [1.29, 1.82) is 0 Å². The van der Waals surface area contributed by atoms with E-state index in [-0.39, 0.29) is 0 Å². The molecule has 0 spiro atoms. The number of nitrogens with zero attached hydrogens (tertiary/aromatic N) is 3. The summed E-state index contributed by atoms with van der Waals surface area (Å²) >= 11 is 0. The molecule has 1 saturated carbocycles. The van der Waals surface area contributed by atoms with E-state index in [4.69, 9.17) is 0 Å². The molecule has 4 nitrogen and oxygen atoms in total. The minimum absolute atomic E-state index is 0.693. The van der Waals surface area contributed by atoms with Crippen molar-refractivity contribution in [2.45, 2.75) is 32.4 Å². The maximum absolute atomic E-state index is 4.42. The van der Waals surface area contributed by atoms with E-state index >= 15 is 0 Å². The van der Waals surface area contributed by atoms with Gasteiger partial charge in [0.15, 0.2) is 0 Å². The third kappa shape index (κ3) is 2.65. The minimum Gasteiger partial charge on any atom is -0.355 e. The van der Waals surface area contributed by atoms with Crippen LogP contribution in [-0.2, 0) is 6.54 Å². The molecule has 0 unspecified atom stereocenters. The fourth-order valence-corrected chi connectivity index (χ4v) is 1.52. The predicted molar refractivity (Wildman–Crippen MR) is 60.8 cm³/mol. The van der Waals surface area contributed by atoms with Crippen molar-refractivity contribution in [2.24, 2.45) is 0 Å². The van der Waals surface area contributed by atoms with Crippen molar-refractivity contribution in [3.05, 3.63) is 18.1 Å². The molecule has 2 rings (SSSR count). The van der Waals surface area contributed by atoms with Gasteiger partial charge in [-0.15, -0.1) is 0 Å². The number of hydrogen-bond acceptors (Lipinski definition) is 4.